The van der Waals surface area contributed by atoms with E-state index < -0.39 is 4.92 Å². The molecule has 0 aliphatic carbocycles. The van der Waals surface area contributed by atoms with Gasteiger partial charge in [0.1, 0.15) is 11.0 Å². The normalized spacial score (nSPS) is 18.8. The Hall–Kier alpha value is -1.40. The third-order valence-corrected chi connectivity index (χ3v) is 4.07. The maximum atomic E-state index is 10.8. The Morgan fingerprint density at radius 1 is 1.50 bits per heavy atom. The Morgan fingerprint density at radius 3 is 2.75 bits per heavy atom. The van der Waals surface area contributed by atoms with Gasteiger partial charge >= 0.3 is 0 Å². The number of nitro groups is 1. The van der Waals surface area contributed by atoms with E-state index in [2.05, 4.69) is 29.2 Å². The summed E-state index contributed by atoms with van der Waals surface area (Å²) in [5, 5.41) is 14.1. The minimum Gasteiger partial charge on any atom is -0.369 e. The van der Waals surface area contributed by atoms with Gasteiger partial charge in [0.25, 0.3) is 5.69 Å². The minimum atomic E-state index is -0.462. The maximum absolute atomic E-state index is 10.8. The number of rotatable bonds is 4. The van der Waals surface area contributed by atoms with E-state index in [1.165, 1.54) is 12.1 Å². The highest BCUT2D eigenvalue weighted by Gasteiger charge is 2.28. The molecule has 0 aromatic carbocycles. The van der Waals surface area contributed by atoms with Crippen molar-refractivity contribution in [3.63, 3.8) is 0 Å². The monoisotopic (exact) mass is 298 g/mol. The summed E-state index contributed by atoms with van der Waals surface area (Å²) in [5.41, 5.74) is 0.145. The summed E-state index contributed by atoms with van der Waals surface area (Å²) in [6, 6.07) is 2.67. The van der Waals surface area contributed by atoms with Gasteiger partial charge in [0.2, 0.25) is 0 Å². The molecule has 2 rings (SSSR count). The Labute approximate surface area is 123 Å². The van der Waals surface area contributed by atoms with Crippen LogP contribution in [-0.4, -0.2) is 41.5 Å². The van der Waals surface area contributed by atoms with Crippen LogP contribution in [-0.2, 0) is 0 Å². The van der Waals surface area contributed by atoms with Crippen LogP contribution in [0.3, 0.4) is 0 Å². The summed E-state index contributed by atoms with van der Waals surface area (Å²) in [5.74, 6) is 0.462. The largest absolute Gasteiger partial charge is 0.369 e. The third-order valence-electron chi connectivity index (χ3n) is 3.88. The van der Waals surface area contributed by atoms with Crippen molar-refractivity contribution in [1.82, 2.24) is 9.88 Å². The number of anilines is 1. The molecule has 0 spiro atoms. The van der Waals surface area contributed by atoms with Crippen LogP contribution in [0, 0.1) is 15.5 Å². The van der Waals surface area contributed by atoms with Crippen LogP contribution in [0.2, 0.25) is 5.15 Å². The van der Waals surface area contributed by atoms with E-state index in [9.17, 15) is 10.1 Å². The van der Waals surface area contributed by atoms with Crippen LogP contribution in [0.15, 0.2) is 12.1 Å². The summed E-state index contributed by atoms with van der Waals surface area (Å²) in [6.45, 7) is 5.11. The van der Waals surface area contributed by atoms with Crippen molar-refractivity contribution in [3.8, 4) is 0 Å². The van der Waals surface area contributed by atoms with Crippen molar-refractivity contribution in [2.24, 2.45) is 5.41 Å². The van der Waals surface area contributed by atoms with Gasteiger partial charge in [-0.25, -0.2) is 4.98 Å². The second-order valence-electron chi connectivity index (χ2n) is 5.76. The average molecular weight is 299 g/mol. The highest BCUT2D eigenvalue weighted by atomic mass is 35.5. The molecule has 7 heteroatoms. The van der Waals surface area contributed by atoms with Gasteiger partial charge in [0, 0.05) is 6.54 Å². The number of hydrogen-bond donors (Lipinski definition) is 1. The van der Waals surface area contributed by atoms with Crippen molar-refractivity contribution >= 4 is 23.1 Å². The number of nitrogens with one attached hydrogen (secondary N) is 1. The van der Waals surface area contributed by atoms with Gasteiger partial charge in [0.05, 0.1) is 17.1 Å². The van der Waals surface area contributed by atoms with E-state index in [0.717, 1.165) is 32.5 Å². The number of piperidine rings is 1. The summed E-state index contributed by atoms with van der Waals surface area (Å²) < 4.78 is 0. The molecule has 1 aliphatic heterocycles. The quantitative estimate of drug-likeness (QED) is 0.526. The fraction of sp³-hybridized carbons (Fsp3) is 0.615. The first-order chi connectivity index (χ1) is 9.38. The molecule has 1 aliphatic rings. The molecule has 1 saturated heterocycles. The number of halogens is 1. The molecule has 6 nitrogen and oxygen atoms in total. The molecule has 0 bridgehead atoms. The molecule has 1 N–H and O–H groups in total. The van der Waals surface area contributed by atoms with Gasteiger partial charge in [0.15, 0.2) is 0 Å². The number of aromatic nitrogens is 1. The fourth-order valence-electron chi connectivity index (χ4n) is 2.32. The molecule has 0 saturated carbocycles. The zero-order chi connectivity index (χ0) is 14.8. The summed E-state index contributed by atoms with van der Waals surface area (Å²) in [4.78, 5) is 16.7. The minimum absolute atomic E-state index is 0.0407. The van der Waals surface area contributed by atoms with Crippen molar-refractivity contribution in [1.29, 1.82) is 0 Å². The predicted molar refractivity (Wildman–Crippen MR) is 79.2 cm³/mol. The van der Waals surface area contributed by atoms with E-state index >= 15 is 0 Å². The molecular weight excluding hydrogens is 280 g/mol. The Kier molecular flexibility index (Phi) is 4.45. The smallest absolute Gasteiger partial charge is 0.276 e. The zero-order valence-electron chi connectivity index (χ0n) is 11.7. The van der Waals surface area contributed by atoms with E-state index in [-0.39, 0.29) is 16.3 Å². The first-order valence-electron chi connectivity index (χ1n) is 6.62. The number of likely N-dealkylation sites (tertiary alicyclic amines) is 1. The second-order valence-corrected chi connectivity index (χ2v) is 6.15. The maximum Gasteiger partial charge on any atom is 0.276 e. The Bertz CT molecular complexity index is 501. The second kappa shape index (κ2) is 5.93. The Balaban J connectivity index is 2.02. The summed E-state index contributed by atoms with van der Waals surface area (Å²) in [7, 11) is 2.12. The van der Waals surface area contributed by atoms with Crippen molar-refractivity contribution in [2.75, 3.05) is 32.0 Å². The summed E-state index contributed by atoms with van der Waals surface area (Å²) in [6.07, 6.45) is 2.19. The number of nitrogens with zero attached hydrogens (tertiary/aromatic N) is 3. The topological polar surface area (TPSA) is 71.3 Å². The molecule has 0 unspecified atom stereocenters. The molecule has 110 valence electrons. The van der Waals surface area contributed by atoms with Gasteiger partial charge in [-0.15, -0.1) is 0 Å². The van der Waals surface area contributed by atoms with Gasteiger partial charge in [-0.2, -0.15) is 0 Å². The van der Waals surface area contributed by atoms with Crippen molar-refractivity contribution < 1.29 is 4.92 Å². The van der Waals surface area contributed by atoms with Gasteiger partial charge in [-0.3, -0.25) is 10.1 Å². The summed E-state index contributed by atoms with van der Waals surface area (Å²) >= 11 is 5.81. The Morgan fingerprint density at radius 2 is 2.15 bits per heavy atom. The van der Waals surface area contributed by atoms with Crippen molar-refractivity contribution in [3.05, 3.63) is 27.4 Å². The molecule has 20 heavy (non-hydrogen) atoms. The van der Waals surface area contributed by atoms with E-state index in [4.69, 9.17) is 11.6 Å². The zero-order valence-corrected chi connectivity index (χ0v) is 12.5. The molecule has 1 fully saturated rings. The first kappa shape index (κ1) is 15.0. The van der Waals surface area contributed by atoms with Crippen LogP contribution < -0.4 is 5.32 Å². The number of pyridine rings is 1. The SMILES string of the molecule is CN1CCC(C)(CNc2cc([N+](=O)[O-])cc(Cl)n2)CC1. The number of hydrogen-bond acceptors (Lipinski definition) is 5. The van der Waals surface area contributed by atoms with Crippen molar-refractivity contribution in [2.45, 2.75) is 19.8 Å². The van der Waals surface area contributed by atoms with Crippen LogP contribution in [0.4, 0.5) is 11.5 Å². The molecule has 0 atom stereocenters. The van der Waals surface area contributed by atoms with E-state index in [1.54, 1.807) is 0 Å². The molecule has 0 amide bonds. The lowest BCUT2D eigenvalue weighted by molar-refractivity contribution is -0.384. The lowest BCUT2D eigenvalue weighted by Crippen LogP contribution is -2.40. The lowest BCUT2D eigenvalue weighted by Gasteiger charge is -2.38. The molecule has 1 aromatic heterocycles. The molecule has 1 aromatic rings. The third kappa shape index (κ3) is 3.80. The predicted octanol–water partition coefficient (Wildman–Crippen LogP) is 2.79. The lowest BCUT2D eigenvalue weighted by atomic mass is 9.80. The van der Waals surface area contributed by atoms with Crippen LogP contribution in [0.5, 0.6) is 0 Å². The first-order valence-corrected chi connectivity index (χ1v) is 7.00. The van der Waals surface area contributed by atoms with Gasteiger partial charge in [-0.05, 0) is 38.4 Å². The van der Waals surface area contributed by atoms with E-state index in [0.29, 0.717) is 5.82 Å². The highest BCUT2D eigenvalue weighted by molar-refractivity contribution is 6.29. The van der Waals surface area contributed by atoms with Gasteiger partial charge in [-0.1, -0.05) is 18.5 Å². The molecule has 0 radical (unpaired) electrons. The fourth-order valence-corrected chi connectivity index (χ4v) is 2.52. The molecular formula is C13H19ClN4O2. The highest BCUT2D eigenvalue weighted by Crippen LogP contribution is 2.31. The van der Waals surface area contributed by atoms with Crippen LogP contribution in [0.1, 0.15) is 19.8 Å². The molecule has 2 heterocycles. The van der Waals surface area contributed by atoms with Gasteiger partial charge < -0.3 is 10.2 Å². The standard InChI is InChI=1S/C13H19ClN4O2/c1-13(3-5-17(2)6-4-13)9-15-12-8-10(18(19)20)7-11(14)16-12/h7-8H,3-6,9H2,1-2H3,(H,15,16). The van der Waals surface area contributed by atoms with E-state index in [1.807, 2.05) is 0 Å². The average Bonchev–Trinajstić information content (AvgIpc) is 2.40. The van der Waals surface area contributed by atoms with Crippen LogP contribution >= 0.6 is 11.6 Å². The van der Waals surface area contributed by atoms with Crippen LogP contribution in [0.25, 0.3) is 0 Å².